The van der Waals surface area contributed by atoms with Crippen LogP contribution in [-0.4, -0.2) is 23.4 Å². The van der Waals surface area contributed by atoms with E-state index in [4.69, 9.17) is 4.74 Å². The third kappa shape index (κ3) is 4.12. The Bertz CT molecular complexity index is 990. The largest absolute Gasteiger partial charge is 0.482 e. The summed E-state index contributed by atoms with van der Waals surface area (Å²) in [6.45, 7) is 0.00227. The Morgan fingerprint density at radius 1 is 1.30 bits per heavy atom. The van der Waals surface area contributed by atoms with Crippen molar-refractivity contribution in [2.24, 2.45) is 0 Å². The monoisotopic (exact) mass is 397 g/mol. The van der Waals surface area contributed by atoms with E-state index in [-0.39, 0.29) is 18.4 Å². The van der Waals surface area contributed by atoms with Gasteiger partial charge in [0.2, 0.25) is 0 Å². The van der Waals surface area contributed by atoms with Gasteiger partial charge in [-0.3, -0.25) is 9.59 Å². The third-order valence-corrected chi connectivity index (χ3v) is 5.60. The van der Waals surface area contributed by atoms with E-state index in [1.807, 2.05) is 23.6 Å². The Labute approximate surface area is 164 Å². The smallest absolute Gasteiger partial charge is 0.262 e. The van der Waals surface area contributed by atoms with Crippen LogP contribution in [-0.2, 0) is 10.5 Å². The molecule has 2 amide bonds. The second kappa shape index (κ2) is 7.81. The summed E-state index contributed by atoms with van der Waals surface area (Å²) in [5.74, 6) is 0.872. The van der Waals surface area contributed by atoms with Crippen molar-refractivity contribution in [3.8, 4) is 5.75 Å². The highest BCUT2D eigenvalue weighted by atomic mass is 32.2. The predicted octanol–water partition coefficient (Wildman–Crippen LogP) is 4.02. The van der Waals surface area contributed by atoms with E-state index in [1.165, 1.54) is 0 Å². The molecule has 3 aromatic rings. The van der Waals surface area contributed by atoms with E-state index in [1.54, 1.807) is 52.9 Å². The fourth-order valence-corrected chi connectivity index (χ4v) is 4.22. The highest BCUT2D eigenvalue weighted by Gasteiger charge is 2.17. The maximum Gasteiger partial charge on any atom is 0.262 e. The topological polar surface area (TPSA) is 80.3 Å². The van der Waals surface area contributed by atoms with Gasteiger partial charge in [0.1, 0.15) is 5.75 Å². The molecule has 6 nitrogen and oxygen atoms in total. The van der Waals surface area contributed by atoms with Crippen LogP contribution in [0.15, 0.2) is 58.3 Å². The molecule has 27 heavy (non-hydrogen) atoms. The molecule has 136 valence electrons. The summed E-state index contributed by atoms with van der Waals surface area (Å²) < 4.78 is 5.33. The van der Waals surface area contributed by atoms with Gasteiger partial charge in [0, 0.05) is 21.7 Å². The van der Waals surface area contributed by atoms with Crippen LogP contribution >= 0.6 is 23.1 Å². The third-order valence-electron chi connectivity index (χ3n) is 3.86. The molecule has 1 aliphatic rings. The lowest BCUT2D eigenvalue weighted by Crippen LogP contribution is -2.25. The van der Waals surface area contributed by atoms with Gasteiger partial charge in [-0.05, 0) is 30.3 Å². The summed E-state index contributed by atoms with van der Waals surface area (Å²) in [5, 5.41) is 7.62. The van der Waals surface area contributed by atoms with Gasteiger partial charge < -0.3 is 15.4 Å². The molecule has 8 heteroatoms. The average Bonchev–Trinajstić information content (AvgIpc) is 3.20. The van der Waals surface area contributed by atoms with Crippen molar-refractivity contribution >= 4 is 46.3 Å². The van der Waals surface area contributed by atoms with Crippen molar-refractivity contribution in [3.63, 3.8) is 0 Å². The summed E-state index contributed by atoms with van der Waals surface area (Å²) in [7, 11) is 0. The second-order valence-electron chi connectivity index (χ2n) is 5.77. The Hall–Kier alpha value is -2.84. The number of benzene rings is 2. The number of anilines is 2. The molecule has 0 bridgehead atoms. The highest BCUT2D eigenvalue weighted by molar-refractivity contribution is 7.98. The van der Waals surface area contributed by atoms with Crippen LogP contribution in [0.2, 0.25) is 0 Å². The number of fused-ring (bicyclic) bond motifs is 1. The van der Waals surface area contributed by atoms with E-state index in [9.17, 15) is 9.59 Å². The van der Waals surface area contributed by atoms with Gasteiger partial charge in [0.25, 0.3) is 11.8 Å². The number of nitrogens with zero attached hydrogens (tertiary/aromatic N) is 1. The summed E-state index contributed by atoms with van der Waals surface area (Å²) in [4.78, 5) is 29.4. The number of hydrogen-bond donors (Lipinski definition) is 2. The first-order valence-electron chi connectivity index (χ1n) is 8.16. The van der Waals surface area contributed by atoms with Gasteiger partial charge in [-0.15, -0.1) is 23.1 Å². The van der Waals surface area contributed by atoms with Crippen molar-refractivity contribution in [2.75, 3.05) is 17.2 Å². The summed E-state index contributed by atoms with van der Waals surface area (Å²) >= 11 is 3.13. The lowest BCUT2D eigenvalue weighted by atomic mass is 10.2. The van der Waals surface area contributed by atoms with Crippen molar-refractivity contribution in [1.82, 2.24) is 4.98 Å². The van der Waals surface area contributed by atoms with Gasteiger partial charge in [-0.25, -0.2) is 4.98 Å². The molecule has 0 unspecified atom stereocenters. The minimum atomic E-state index is -0.213. The number of hydrogen-bond acceptors (Lipinski definition) is 6. The molecule has 2 aromatic carbocycles. The van der Waals surface area contributed by atoms with Crippen molar-refractivity contribution in [1.29, 1.82) is 0 Å². The number of ether oxygens (including phenoxy) is 1. The SMILES string of the molecule is O=C1COc2ccc(NC(=O)c3ccccc3SCc3cscn3)cc2N1. The van der Waals surface area contributed by atoms with E-state index >= 15 is 0 Å². The number of nitrogens with one attached hydrogen (secondary N) is 2. The summed E-state index contributed by atoms with van der Waals surface area (Å²) in [6, 6.07) is 12.6. The first-order valence-corrected chi connectivity index (χ1v) is 10.1. The van der Waals surface area contributed by atoms with Gasteiger partial charge in [-0.2, -0.15) is 0 Å². The lowest BCUT2D eigenvalue weighted by Gasteiger charge is -2.18. The number of carbonyl (C=O) groups excluding carboxylic acids is 2. The van der Waals surface area contributed by atoms with E-state index in [0.29, 0.717) is 28.4 Å². The minimum absolute atomic E-state index is 0.00227. The van der Waals surface area contributed by atoms with Gasteiger partial charge in [0.15, 0.2) is 6.61 Å². The van der Waals surface area contributed by atoms with Gasteiger partial charge in [0.05, 0.1) is 22.5 Å². The van der Waals surface area contributed by atoms with E-state index in [2.05, 4.69) is 15.6 Å². The predicted molar refractivity (Wildman–Crippen MR) is 107 cm³/mol. The quantitative estimate of drug-likeness (QED) is 0.636. The van der Waals surface area contributed by atoms with Crippen molar-refractivity contribution < 1.29 is 14.3 Å². The van der Waals surface area contributed by atoms with E-state index in [0.717, 1.165) is 10.6 Å². The molecule has 2 heterocycles. The molecule has 0 saturated heterocycles. The Balaban J connectivity index is 1.50. The van der Waals surface area contributed by atoms with Crippen LogP contribution in [0.5, 0.6) is 5.75 Å². The van der Waals surface area contributed by atoms with Crippen LogP contribution in [0.25, 0.3) is 0 Å². The van der Waals surface area contributed by atoms with Crippen LogP contribution in [0, 0.1) is 0 Å². The molecule has 1 aliphatic heterocycles. The molecule has 1 aromatic heterocycles. The fourth-order valence-electron chi connectivity index (χ4n) is 2.60. The minimum Gasteiger partial charge on any atom is -0.482 e. The molecule has 4 rings (SSSR count). The van der Waals surface area contributed by atoms with Crippen LogP contribution in [0.3, 0.4) is 0 Å². The fraction of sp³-hybridized carbons (Fsp3) is 0.105. The second-order valence-corrected chi connectivity index (χ2v) is 7.50. The normalized spacial score (nSPS) is 12.7. The molecule has 0 radical (unpaired) electrons. The molecule has 2 N–H and O–H groups in total. The zero-order valence-electron chi connectivity index (χ0n) is 14.1. The first kappa shape index (κ1) is 17.6. The molecule has 0 fully saturated rings. The molecular weight excluding hydrogens is 382 g/mol. The van der Waals surface area contributed by atoms with Crippen LogP contribution in [0.1, 0.15) is 16.1 Å². The van der Waals surface area contributed by atoms with E-state index < -0.39 is 0 Å². The number of aromatic nitrogens is 1. The number of rotatable bonds is 5. The average molecular weight is 397 g/mol. The lowest BCUT2D eigenvalue weighted by molar-refractivity contribution is -0.118. The molecule has 0 aliphatic carbocycles. The molecule has 0 atom stereocenters. The Morgan fingerprint density at radius 2 is 2.19 bits per heavy atom. The number of thioether (sulfide) groups is 1. The Kier molecular flexibility index (Phi) is 5.08. The Morgan fingerprint density at radius 3 is 3.04 bits per heavy atom. The molecule has 0 spiro atoms. The number of thiazole rings is 1. The van der Waals surface area contributed by atoms with Crippen molar-refractivity contribution in [2.45, 2.75) is 10.6 Å². The van der Waals surface area contributed by atoms with Crippen LogP contribution < -0.4 is 15.4 Å². The summed E-state index contributed by atoms with van der Waals surface area (Å²) in [6.07, 6.45) is 0. The number of carbonyl (C=O) groups is 2. The van der Waals surface area contributed by atoms with Gasteiger partial charge in [-0.1, -0.05) is 12.1 Å². The van der Waals surface area contributed by atoms with Gasteiger partial charge >= 0.3 is 0 Å². The number of amides is 2. The zero-order valence-corrected chi connectivity index (χ0v) is 15.7. The maximum atomic E-state index is 12.8. The van der Waals surface area contributed by atoms with Crippen molar-refractivity contribution in [3.05, 3.63) is 64.6 Å². The molecular formula is C19H15N3O3S2. The van der Waals surface area contributed by atoms with Crippen LogP contribution in [0.4, 0.5) is 11.4 Å². The standard InChI is InChI=1S/C19H15N3O3S2/c23-18-8-25-16-6-5-12(7-15(16)22-18)21-19(24)14-3-1-2-4-17(14)27-10-13-9-26-11-20-13/h1-7,9,11H,8,10H2,(H,21,24)(H,22,23). The highest BCUT2D eigenvalue weighted by Crippen LogP contribution is 2.31. The zero-order chi connectivity index (χ0) is 18.6. The molecule has 0 saturated carbocycles. The maximum absolute atomic E-state index is 12.8. The first-order chi connectivity index (χ1) is 13.2. The summed E-state index contributed by atoms with van der Waals surface area (Å²) in [5.41, 5.74) is 4.52.